The number of ether oxygens (including phenoxy) is 16. The van der Waals surface area contributed by atoms with Gasteiger partial charge in [0.1, 0.15) is 5.60 Å². The summed E-state index contributed by atoms with van der Waals surface area (Å²) >= 11 is 0. The Kier molecular flexibility index (Phi) is 39.8. The first-order chi connectivity index (χ1) is 35.5. The van der Waals surface area contributed by atoms with Crippen molar-refractivity contribution in [1.82, 2.24) is 0 Å². The molecule has 3 aromatic rings. The van der Waals surface area contributed by atoms with Crippen LogP contribution in [0.25, 0.3) is 0 Å². The molecular formula is C52H82O19S. The first-order valence-corrected chi connectivity index (χ1v) is 26.6. The van der Waals surface area contributed by atoms with Crippen molar-refractivity contribution in [3.05, 3.63) is 108 Å². The Morgan fingerprint density at radius 1 is 0.264 bits per heavy atom. The summed E-state index contributed by atoms with van der Waals surface area (Å²) in [7, 11) is -3.43. The topological polar surface area (TPSA) is 191 Å². The molecule has 20 heteroatoms. The first kappa shape index (κ1) is 63.2. The average Bonchev–Trinajstić information content (AvgIpc) is 3.40. The fourth-order valence-corrected chi connectivity index (χ4v) is 6.82. The first-order valence-electron chi connectivity index (χ1n) is 24.8. The second kappa shape index (κ2) is 45.3. The summed E-state index contributed by atoms with van der Waals surface area (Å²) in [5, 5.41) is 0. The maximum Gasteiger partial charge on any atom is 0.264 e. The molecule has 0 radical (unpaired) electrons. The molecule has 0 saturated heterocycles. The standard InChI is InChI=1S/C52H82O19S/c1-72(53,54)71-48-46-69-44-42-67-40-38-65-36-34-63-32-30-61-28-26-59-24-22-57-20-18-55-17-19-56-21-23-58-25-27-60-29-31-62-33-35-64-37-39-66-41-43-68-45-47-70-52(49-11-5-2-6-12-49,50-13-7-3-8-14-50)51-15-9-4-10-16-51/h2-16H,17-48H2,1H3. The molecule has 19 nitrogen and oxygen atoms in total. The SMILES string of the molecule is CS(=O)(=O)OCCOCCOCCOCCOCCOCCOCCOCCOCCOCCOCCOCCOCCOCCOCCOCCOC(c1ccccc1)(c1ccccc1)c1ccccc1. The molecule has 0 unspecified atom stereocenters. The second-order valence-corrected chi connectivity index (χ2v) is 17.0. The molecule has 3 aromatic carbocycles. The fraction of sp³-hybridized carbons (Fsp3) is 0.654. The van der Waals surface area contributed by atoms with Gasteiger partial charge in [0.15, 0.2) is 0 Å². The summed E-state index contributed by atoms with van der Waals surface area (Å²) in [5.41, 5.74) is 2.42. The van der Waals surface area contributed by atoms with E-state index in [0.29, 0.717) is 198 Å². The molecular weight excluding hydrogens is 961 g/mol. The number of benzene rings is 3. The van der Waals surface area contributed by atoms with Crippen molar-refractivity contribution in [2.45, 2.75) is 5.60 Å². The highest BCUT2D eigenvalue weighted by atomic mass is 32.2. The van der Waals surface area contributed by atoms with E-state index < -0.39 is 15.7 Å². The van der Waals surface area contributed by atoms with E-state index in [1.807, 2.05) is 54.6 Å². The Morgan fingerprint density at radius 3 is 0.611 bits per heavy atom. The Morgan fingerprint density at radius 2 is 0.431 bits per heavy atom. The van der Waals surface area contributed by atoms with Gasteiger partial charge in [-0.1, -0.05) is 91.0 Å². The van der Waals surface area contributed by atoms with Crippen molar-refractivity contribution in [2.24, 2.45) is 0 Å². The monoisotopic (exact) mass is 1040 g/mol. The van der Waals surface area contributed by atoms with Crippen LogP contribution in [0, 0.1) is 0 Å². The van der Waals surface area contributed by atoms with Crippen molar-refractivity contribution in [3.63, 3.8) is 0 Å². The maximum atomic E-state index is 10.8. The minimum absolute atomic E-state index is 0.00890. The van der Waals surface area contributed by atoms with Crippen LogP contribution >= 0.6 is 0 Å². The highest BCUT2D eigenvalue weighted by molar-refractivity contribution is 7.85. The quantitative estimate of drug-likeness (QED) is 0.0443. The Labute approximate surface area is 428 Å². The molecule has 0 saturated carbocycles. The third-order valence-corrected chi connectivity index (χ3v) is 10.4. The van der Waals surface area contributed by atoms with Gasteiger partial charge in [0.05, 0.1) is 218 Å². The van der Waals surface area contributed by atoms with Crippen LogP contribution in [-0.4, -0.2) is 226 Å². The van der Waals surface area contributed by atoms with Crippen LogP contribution in [0.15, 0.2) is 91.0 Å². The van der Waals surface area contributed by atoms with Crippen LogP contribution < -0.4 is 0 Å². The Bertz CT molecular complexity index is 1620. The van der Waals surface area contributed by atoms with Crippen molar-refractivity contribution >= 4 is 10.1 Å². The Balaban J connectivity index is 0.945. The summed E-state index contributed by atoms with van der Waals surface area (Å²) in [4.78, 5) is 0. The normalized spacial score (nSPS) is 12.0. The lowest BCUT2D eigenvalue weighted by Gasteiger charge is -2.36. The molecule has 0 spiro atoms. The van der Waals surface area contributed by atoms with Gasteiger partial charge in [0.25, 0.3) is 10.1 Å². The third-order valence-electron chi connectivity index (χ3n) is 9.82. The van der Waals surface area contributed by atoms with E-state index in [9.17, 15) is 8.42 Å². The fourth-order valence-electron chi connectivity index (χ4n) is 6.45. The Hall–Kier alpha value is -3.07. The van der Waals surface area contributed by atoms with Gasteiger partial charge in [0, 0.05) is 0 Å². The average molecular weight is 1040 g/mol. The molecule has 0 aromatic heterocycles. The predicted octanol–water partition coefficient (Wildman–Crippen LogP) is 4.22. The van der Waals surface area contributed by atoms with Crippen molar-refractivity contribution in [1.29, 1.82) is 0 Å². The second-order valence-electron chi connectivity index (χ2n) is 15.3. The van der Waals surface area contributed by atoms with E-state index in [2.05, 4.69) is 40.6 Å². The van der Waals surface area contributed by atoms with E-state index in [1.165, 1.54) is 0 Å². The van der Waals surface area contributed by atoms with Crippen LogP contribution in [0.4, 0.5) is 0 Å². The van der Waals surface area contributed by atoms with E-state index in [-0.39, 0.29) is 13.2 Å². The molecule has 3 rings (SSSR count). The van der Waals surface area contributed by atoms with Gasteiger partial charge < -0.3 is 75.8 Å². The third kappa shape index (κ3) is 33.7. The van der Waals surface area contributed by atoms with E-state index in [4.69, 9.17) is 75.8 Å². The molecule has 72 heavy (non-hydrogen) atoms. The van der Waals surface area contributed by atoms with E-state index in [0.717, 1.165) is 22.9 Å². The van der Waals surface area contributed by atoms with Gasteiger partial charge in [-0.25, -0.2) is 0 Å². The largest absolute Gasteiger partial charge is 0.377 e. The van der Waals surface area contributed by atoms with Gasteiger partial charge in [-0.2, -0.15) is 8.42 Å². The van der Waals surface area contributed by atoms with Crippen LogP contribution in [-0.2, 0) is 95.7 Å². The lowest BCUT2D eigenvalue weighted by Crippen LogP contribution is -2.34. The smallest absolute Gasteiger partial charge is 0.264 e. The summed E-state index contributed by atoms with van der Waals surface area (Å²) in [6, 6.07) is 30.9. The molecule has 410 valence electrons. The lowest BCUT2D eigenvalue weighted by molar-refractivity contribution is -0.0399. The van der Waals surface area contributed by atoms with Crippen LogP contribution in [0.5, 0.6) is 0 Å². The number of rotatable bonds is 53. The molecule has 0 bridgehead atoms. The van der Waals surface area contributed by atoms with Crippen molar-refractivity contribution in [2.75, 3.05) is 218 Å². The molecule has 0 atom stereocenters. The van der Waals surface area contributed by atoms with Crippen molar-refractivity contribution < 1.29 is 88.4 Å². The minimum Gasteiger partial charge on any atom is -0.377 e. The molecule has 0 aliphatic rings. The predicted molar refractivity (Wildman–Crippen MR) is 268 cm³/mol. The molecule has 0 aliphatic heterocycles. The lowest BCUT2D eigenvalue weighted by atomic mass is 9.80. The summed E-state index contributed by atoms with van der Waals surface area (Å²) < 4.78 is 116. The van der Waals surface area contributed by atoms with E-state index in [1.54, 1.807) is 0 Å². The van der Waals surface area contributed by atoms with Crippen LogP contribution in [0.3, 0.4) is 0 Å². The summed E-state index contributed by atoms with van der Waals surface area (Å²) in [6.07, 6.45) is 0.995. The zero-order valence-corrected chi connectivity index (χ0v) is 43.3. The van der Waals surface area contributed by atoms with Crippen LogP contribution in [0.2, 0.25) is 0 Å². The maximum absolute atomic E-state index is 10.8. The molecule has 0 amide bonds. The zero-order valence-electron chi connectivity index (χ0n) is 42.5. The van der Waals surface area contributed by atoms with Gasteiger partial charge in [-0.15, -0.1) is 0 Å². The van der Waals surface area contributed by atoms with Crippen molar-refractivity contribution in [3.8, 4) is 0 Å². The zero-order chi connectivity index (χ0) is 51.0. The van der Waals surface area contributed by atoms with Gasteiger partial charge in [-0.3, -0.25) is 4.18 Å². The van der Waals surface area contributed by atoms with Gasteiger partial charge >= 0.3 is 0 Å². The van der Waals surface area contributed by atoms with Gasteiger partial charge in [-0.05, 0) is 16.7 Å². The van der Waals surface area contributed by atoms with E-state index >= 15 is 0 Å². The summed E-state index contributed by atoms with van der Waals surface area (Å²) in [6.45, 7) is 14.0. The summed E-state index contributed by atoms with van der Waals surface area (Å²) in [5.74, 6) is 0. The molecule has 0 N–H and O–H groups in total. The molecule has 0 aliphatic carbocycles. The minimum atomic E-state index is -3.43. The number of hydrogen-bond donors (Lipinski definition) is 0. The molecule has 0 fully saturated rings. The number of hydrogen-bond acceptors (Lipinski definition) is 19. The van der Waals surface area contributed by atoms with Crippen LogP contribution in [0.1, 0.15) is 16.7 Å². The highest BCUT2D eigenvalue weighted by Crippen LogP contribution is 2.40. The highest BCUT2D eigenvalue weighted by Gasteiger charge is 2.37. The molecule has 0 heterocycles. The van der Waals surface area contributed by atoms with Gasteiger partial charge in [0.2, 0.25) is 0 Å².